The highest BCUT2D eigenvalue weighted by atomic mass is 16.4. The summed E-state index contributed by atoms with van der Waals surface area (Å²) in [6.07, 6.45) is -0.152. The SMILES string of the molecule is Nc1ccccc1.O=C(O)[C@@H]1C[C@@H](O)CN1. The van der Waals surface area contributed by atoms with E-state index in [0.717, 1.165) is 5.69 Å². The zero-order valence-electron chi connectivity index (χ0n) is 8.84. The van der Waals surface area contributed by atoms with E-state index >= 15 is 0 Å². The monoisotopic (exact) mass is 224 g/mol. The lowest BCUT2D eigenvalue weighted by Crippen LogP contribution is -2.29. The normalized spacial score (nSPS) is 23.3. The summed E-state index contributed by atoms with van der Waals surface area (Å²) in [7, 11) is 0. The van der Waals surface area contributed by atoms with Crippen LogP contribution < -0.4 is 11.1 Å². The van der Waals surface area contributed by atoms with E-state index in [1.54, 1.807) is 0 Å². The van der Waals surface area contributed by atoms with Gasteiger partial charge in [0.2, 0.25) is 0 Å². The van der Waals surface area contributed by atoms with Crippen LogP contribution in [0.25, 0.3) is 0 Å². The maximum Gasteiger partial charge on any atom is 0.320 e. The quantitative estimate of drug-likeness (QED) is 0.506. The molecule has 0 aromatic heterocycles. The zero-order chi connectivity index (χ0) is 12.0. The van der Waals surface area contributed by atoms with Crippen LogP contribution in [0.5, 0.6) is 0 Å². The van der Waals surface area contributed by atoms with Crippen molar-refractivity contribution in [2.45, 2.75) is 18.6 Å². The van der Waals surface area contributed by atoms with Gasteiger partial charge in [-0.3, -0.25) is 4.79 Å². The average Bonchev–Trinajstić information content (AvgIpc) is 2.67. The number of carboxylic acid groups (broad SMARTS) is 1. The van der Waals surface area contributed by atoms with Crippen LogP contribution in [0.2, 0.25) is 0 Å². The van der Waals surface area contributed by atoms with Gasteiger partial charge in [0.1, 0.15) is 6.04 Å². The highest BCUT2D eigenvalue weighted by molar-refractivity contribution is 5.73. The van der Waals surface area contributed by atoms with Crippen LogP contribution in [0.1, 0.15) is 6.42 Å². The number of aliphatic hydroxyl groups excluding tert-OH is 1. The number of nitrogens with two attached hydrogens (primary N) is 1. The standard InChI is InChI=1S/C6H7N.C5H9NO3/c7-6-4-2-1-3-5-6;7-3-1-4(5(8)9)6-2-3/h1-5H,7H2;3-4,6-7H,1-2H2,(H,8,9)/t;3-,4+/m.1/s1. The molecule has 2 rings (SSSR count). The summed E-state index contributed by atoms with van der Waals surface area (Å²) in [5.74, 6) is -0.883. The summed E-state index contributed by atoms with van der Waals surface area (Å²) in [6, 6.07) is 8.95. The van der Waals surface area contributed by atoms with Crippen molar-refractivity contribution in [1.29, 1.82) is 0 Å². The number of carboxylic acids is 1. The fraction of sp³-hybridized carbons (Fsp3) is 0.364. The van der Waals surface area contributed by atoms with Gasteiger partial charge in [-0.2, -0.15) is 0 Å². The van der Waals surface area contributed by atoms with E-state index in [2.05, 4.69) is 5.32 Å². The van der Waals surface area contributed by atoms with E-state index in [-0.39, 0.29) is 0 Å². The van der Waals surface area contributed by atoms with Crippen molar-refractivity contribution in [3.8, 4) is 0 Å². The minimum atomic E-state index is -0.883. The summed E-state index contributed by atoms with van der Waals surface area (Å²) in [6.45, 7) is 0.400. The molecule has 1 fully saturated rings. The second-order valence-electron chi connectivity index (χ2n) is 3.60. The van der Waals surface area contributed by atoms with Crippen LogP contribution in [0.4, 0.5) is 5.69 Å². The summed E-state index contributed by atoms with van der Waals surface area (Å²) in [5, 5.41) is 19.8. The largest absolute Gasteiger partial charge is 0.480 e. The van der Waals surface area contributed by atoms with E-state index in [4.69, 9.17) is 15.9 Å². The average molecular weight is 224 g/mol. The van der Waals surface area contributed by atoms with E-state index < -0.39 is 18.1 Å². The van der Waals surface area contributed by atoms with Gasteiger partial charge < -0.3 is 21.3 Å². The van der Waals surface area contributed by atoms with Gasteiger partial charge in [0, 0.05) is 18.7 Å². The third-order valence-corrected chi connectivity index (χ3v) is 2.21. The van der Waals surface area contributed by atoms with Gasteiger partial charge in [0.15, 0.2) is 0 Å². The van der Waals surface area contributed by atoms with Crippen LogP contribution in [-0.2, 0) is 4.79 Å². The fourth-order valence-electron chi connectivity index (χ4n) is 1.36. The van der Waals surface area contributed by atoms with Crippen LogP contribution in [0.3, 0.4) is 0 Å². The number of nitrogens with one attached hydrogen (secondary N) is 1. The molecule has 0 bridgehead atoms. The first kappa shape index (κ1) is 12.5. The predicted molar refractivity (Wildman–Crippen MR) is 60.9 cm³/mol. The van der Waals surface area contributed by atoms with E-state index in [9.17, 15) is 4.79 Å². The van der Waals surface area contributed by atoms with Crippen molar-refractivity contribution in [3.05, 3.63) is 30.3 Å². The third-order valence-electron chi connectivity index (χ3n) is 2.21. The summed E-state index contributed by atoms with van der Waals surface area (Å²) in [5.41, 5.74) is 6.18. The number of rotatable bonds is 1. The lowest BCUT2D eigenvalue weighted by molar-refractivity contribution is -0.139. The maximum absolute atomic E-state index is 10.2. The van der Waals surface area contributed by atoms with E-state index in [1.165, 1.54) is 0 Å². The molecule has 0 spiro atoms. The van der Waals surface area contributed by atoms with Crippen molar-refractivity contribution in [2.24, 2.45) is 0 Å². The molecule has 0 aliphatic carbocycles. The number of aliphatic hydroxyl groups is 1. The van der Waals surface area contributed by atoms with Crippen LogP contribution in [0.15, 0.2) is 30.3 Å². The van der Waals surface area contributed by atoms with Crippen molar-refractivity contribution in [3.63, 3.8) is 0 Å². The van der Waals surface area contributed by atoms with Gasteiger partial charge in [-0.1, -0.05) is 18.2 Å². The van der Waals surface area contributed by atoms with Crippen molar-refractivity contribution in [1.82, 2.24) is 5.32 Å². The minimum Gasteiger partial charge on any atom is -0.480 e. The van der Waals surface area contributed by atoms with Crippen LogP contribution >= 0.6 is 0 Å². The van der Waals surface area contributed by atoms with Gasteiger partial charge in [-0.15, -0.1) is 0 Å². The molecular formula is C11H16N2O3. The molecule has 0 amide bonds. The molecule has 0 unspecified atom stereocenters. The number of aliphatic carboxylic acids is 1. The van der Waals surface area contributed by atoms with Crippen molar-refractivity contribution in [2.75, 3.05) is 12.3 Å². The fourth-order valence-corrected chi connectivity index (χ4v) is 1.36. The molecule has 16 heavy (non-hydrogen) atoms. The lowest BCUT2D eigenvalue weighted by Gasteiger charge is -1.99. The molecular weight excluding hydrogens is 208 g/mol. The number of benzene rings is 1. The van der Waals surface area contributed by atoms with Crippen molar-refractivity contribution >= 4 is 11.7 Å². The van der Waals surface area contributed by atoms with Crippen LogP contribution in [-0.4, -0.2) is 34.9 Å². The molecule has 1 aromatic carbocycles. The number of para-hydroxylation sites is 1. The first-order valence-corrected chi connectivity index (χ1v) is 5.04. The van der Waals surface area contributed by atoms with Gasteiger partial charge in [0.05, 0.1) is 6.10 Å². The number of nitrogen functional groups attached to an aromatic ring is 1. The Morgan fingerprint density at radius 1 is 1.38 bits per heavy atom. The number of carbonyl (C=O) groups is 1. The molecule has 1 aliphatic rings. The third kappa shape index (κ3) is 4.29. The molecule has 2 atom stereocenters. The Kier molecular flexibility index (Phi) is 4.75. The molecule has 1 aliphatic heterocycles. The Morgan fingerprint density at radius 3 is 2.25 bits per heavy atom. The minimum absolute atomic E-state index is 0.329. The molecule has 1 aromatic rings. The van der Waals surface area contributed by atoms with Crippen molar-refractivity contribution < 1.29 is 15.0 Å². The summed E-state index contributed by atoms with van der Waals surface area (Å²) in [4.78, 5) is 10.2. The van der Waals surface area contributed by atoms with Gasteiger partial charge in [-0.25, -0.2) is 0 Å². The topological polar surface area (TPSA) is 95.6 Å². The lowest BCUT2D eigenvalue weighted by atomic mass is 10.2. The van der Waals surface area contributed by atoms with E-state index in [0.29, 0.717) is 13.0 Å². The molecule has 5 heteroatoms. The second kappa shape index (κ2) is 6.09. The number of hydrogen-bond acceptors (Lipinski definition) is 4. The van der Waals surface area contributed by atoms with Gasteiger partial charge >= 0.3 is 5.97 Å². The molecule has 0 radical (unpaired) electrons. The number of β-amino-alcohol motifs (C(OH)–C–C–N with tert-alkyl or cyclic N) is 1. The highest BCUT2D eigenvalue weighted by Crippen LogP contribution is 2.05. The Labute approximate surface area is 93.9 Å². The van der Waals surface area contributed by atoms with Gasteiger partial charge in [-0.05, 0) is 12.1 Å². The molecule has 1 heterocycles. The molecule has 5 N–H and O–H groups in total. The first-order chi connectivity index (χ1) is 7.59. The zero-order valence-corrected chi connectivity index (χ0v) is 8.84. The number of anilines is 1. The Morgan fingerprint density at radius 2 is 2.00 bits per heavy atom. The Hall–Kier alpha value is -1.59. The summed E-state index contributed by atoms with van der Waals surface area (Å²) >= 11 is 0. The van der Waals surface area contributed by atoms with Gasteiger partial charge in [0.25, 0.3) is 0 Å². The van der Waals surface area contributed by atoms with E-state index in [1.807, 2.05) is 30.3 Å². The maximum atomic E-state index is 10.2. The molecule has 0 saturated carbocycles. The molecule has 1 saturated heterocycles. The first-order valence-electron chi connectivity index (χ1n) is 5.04. The highest BCUT2D eigenvalue weighted by Gasteiger charge is 2.27. The molecule has 5 nitrogen and oxygen atoms in total. The Bertz CT molecular complexity index is 329. The summed E-state index contributed by atoms with van der Waals surface area (Å²) < 4.78 is 0. The van der Waals surface area contributed by atoms with Crippen LogP contribution in [0, 0.1) is 0 Å². The number of hydrogen-bond donors (Lipinski definition) is 4. The predicted octanol–water partition coefficient (Wildman–Crippen LogP) is 0.0626. The Balaban J connectivity index is 0.000000165. The second-order valence-corrected chi connectivity index (χ2v) is 3.60. The smallest absolute Gasteiger partial charge is 0.320 e. The molecule has 88 valence electrons.